The van der Waals surface area contributed by atoms with E-state index in [1.165, 1.54) is 0 Å². The summed E-state index contributed by atoms with van der Waals surface area (Å²) in [5, 5.41) is 0. The standard InChI is InChI=1S/C26H23NO3/c1-18-23(28)17-22(19-11-6-4-7-12-19)27(20-13-8-5-9-14-20)25(18)21-15-10-16-24(29-2)26(21)30-3/h4-17H,1-3H3. The summed E-state index contributed by atoms with van der Waals surface area (Å²) < 4.78 is 13.3. The monoisotopic (exact) mass is 397 g/mol. The Morgan fingerprint density at radius 3 is 2.07 bits per heavy atom. The van der Waals surface area contributed by atoms with Crippen LogP contribution in [0.3, 0.4) is 0 Å². The number of hydrogen-bond donors (Lipinski definition) is 0. The maximum atomic E-state index is 13.1. The lowest BCUT2D eigenvalue weighted by molar-refractivity contribution is 0.356. The molecule has 4 nitrogen and oxygen atoms in total. The Morgan fingerprint density at radius 2 is 1.43 bits per heavy atom. The topological polar surface area (TPSA) is 40.5 Å². The highest BCUT2D eigenvalue weighted by Crippen LogP contribution is 2.40. The summed E-state index contributed by atoms with van der Waals surface area (Å²) in [6, 6.07) is 27.4. The van der Waals surface area contributed by atoms with Gasteiger partial charge in [-0.15, -0.1) is 0 Å². The van der Waals surface area contributed by atoms with E-state index in [1.54, 1.807) is 20.3 Å². The number of nitrogens with zero attached hydrogens (tertiary/aromatic N) is 1. The molecule has 0 unspecified atom stereocenters. The van der Waals surface area contributed by atoms with Gasteiger partial charge < -0.3 is 14.0 Å². The second-order valence-electron chi connectivity index (χ2n) is 6.95. The third-order valence-electron chi connectivity index (χ3n) is 5.20. The van der Waals surface area contributed by atoms with E-state index in [2.05, 4.69) is 4.57 Å². The van der Waals surface area contributed by atoms with Gasteiger partial charge in [0.15, 0.2) is 16.9 Å². The van der Waals surface area contributed by atoms with Crippen molar-refractivity contribution in [2.24, 2.45) is 0 Å². The summed E-state index contributed by atoms with van der Waals surface area (Å²) >= 11 is 0. The van der Waals surface area contributed by atoms with Crippen molar-refractivity contribution < 1.29 is 9.47 Å². The normalized spacial score (nSPS) is 10.6. The zero-order valence-electron chi connectivity index (χ0n) is 17.3. The van der Waals surface area contributed by atoms with Crippen LogP contribution in [0.1, 0.15) is 5.56 Å². The first kappa shape index (κ1) is 19.5. The zero-order valence-corrected chi connectivity index (χ0v) is 17.3. The number of benzene rings is 3. The molecular formula is C26H23NO3. The molecule has 0 bridgehead atoms. The van der Waals surface area contributed by atoms with Gasteiger partial charge in [0, 0.05) is 22.9 Å². The first-order valence-corrected chi connectivity index (χ1v) is 9.74. The predicted molar refractivity (Wildman–Crippen MR) is 121 cm³/mol. The molecule has 0 amide bonds. The van der Waals surface area contributed by atoms with Crippen molar-refractivity contribution in [2.75, 3.05) is 14.2 Å². The van der Waals surface area contributed by atoms with Crippen LogP contribution in [-0.2, 0) is 0 Å². The van der Waals surface area contributed by atoms with Crippen LogP contribution in [0.4, 0.5) is 0 Å². The van der Waals surface area contributed by atoms with E-state index >= 15 is 0 Å². The van der Waals surface area contributed by atoms with Gasteiger partial charge in [-0.05, 0) is 36.8 Å². The van der Waals surface area contributed by atoms with E-state index in [0.717, 1.165) is 28.2 Å². The quantitative estimate of drug-likeness (QED) is 0.447. The molecule has 0 saturated carbocycles. The van der Waals surface area contributed by atoms with Crippen molar-refractivity contribution in [1.29, 1.82) is 0 Å². The Balaban J connectivity index is 2.17. The van der Waals surface area contributed by atoms with Gasteiger partial charge in [-0.3, -0.25) is 4.79 Å². The molecule has 4 aromatic rings. The largest absolute Gasteiger partial charge is 0.493 e. The molecule has 0 saturated heterocycles. The van der Waals surface area contributed by atoms with Crippen LogP contribution in [-0.4, -0.2) is 18.8 Å². The Hall–Kier alpha value is -3.79. The Labute approximate surface area is 176 Å². The summed E-state index contributed by atoms with van der Waals surface area (Å²) in [4.78, 5) is 13.1. The second kappa shape index (κ2) is 8.29. The Morgan fingerprint density at radius 1 is 0.767 bits per heavy atom. The molecule has 3 aromatic carbocycles. The molecule has 0 spiro atoms. The minimum atomic E-state index is -0.0269. The molecule has 0 aliphatic heterocycles. The molecule has 30 heavy (non-hydrogen) atoms. The molecule has 1 aromatic heterocycles. The van der Waals surface area contributed by atoms with E-state index in [1.807, 2.05) is 85.8 Å². The summed E-state index contributed by atoms with van der Waals surface area (Å²) in [5.41, 5.74) is 4.93. The number of hydrogen-bond acceptors (Lipinski definition) is 3. The fourth-order valence-electron chi connectivity index (χ4n) is 3.76. The molecule has 0 atom stereocenters. The van der Waals surface area contributed by atoms with E-state index in [-0.39, 0.29) is 5.43 Å². The summed E-state index contributed by atoms with van der Waals surface area (Å²) in [6.45, 7) is 1.85. The fourth-order valence-corrected chi connectivity index (χ4v) is 3.76. The van der Waals surface area contributed by atoms with Crippen LogP contribution >= 0.6 is 0 Å². The van der Waals surface area contributed by atoms with Crippen molar-refractivity contribution in [3.05, 3.63) is 101 Å². The average Bonchev–Trinajstić information content (AvgIpc) is 2.81. The number of rotatable bonds is 5. The minimum Gasteiger partial charge on any atom is -0.493 e. The van der Waals surface area contributed by atoms with Crippen LogP contribution in [0.5, 0.6) is 11.5 Å². The van der Waals surface area contributed by atoms with Crippen molar-refractivity contribution in [3.63, 3.8) is 0 Å². The maximum absolute atomic E-state index is 13.1. The van der Waals surface area contributed by atoms with Crippen LogP contribution in [0.25, 0.3) is 28.2 Å². The van der Waals surface area contributed by atoms with Crippen LogP contribution in [0.15, 0.2) is 89.7 Å². The van der Waals surface area contributed by atoms with Gasteiger partial charge in [-0.2, -0.15) is 0 Å². The van der Waals surface area contributed by atoms with Gasteiger partial charge in [0.2, 0.25) is 0 Å². The van der Waals surface area contributed by atoms with Gasteiger partial charge in [0.25, 0.3) is 0 Å². The van der Waals surface area contributed by atoms with Crippen LogP contribution < -0.4 is 14.9 Å². The molecule has 0 radical (unpaired) electrons. The highest BCUT2D eigenvalue weighted by atomic mass is 16.5. The van der Waals surface area contributed by atoms with Crippen LogP contribution in [0, 0.1) is 6.92 Å². The molecule has 0 aliphatic carbocycles. The first-order chi connectivity index (χ1) is 14.7. The molecule has 4 heteroatoms. The number of methoxy groups -OCH3 is 2. The zero-order chi connectivity index (χ0) is 21.1. The van der Waals surface area contributed by atoms with E-state index in [4.69, 9.17) is 9.47 Å². The third kappa shape index (κ3) is 3.37. The average molecular weight is 397 g/mol. The number of para-hydroxylation sites is 2. The van der Waals surface area contributed by atoms with Gasteiger partial charge in [-0.1, -0.05) is 54.6 Å². The fraction of sp³-hybridized carbons (Fsp3) is 0.115. The Bertz CT molecular complexity index is 1230. The van der Waals surface area contributed by atoms with Crippen molar-refractivity contribution in [3.8, 4) is 39.7 Å². The van der Waals surface area contributed by atoms with Crippen molar-refractivity contribution >= 4 is 0 Å². The molecule has 0 N–H and O–H groups in total. The molecule has 4 rings (SSSR count). The van der Waals surface area contributed by atoms with E-state index < -0.39 is 0 Å². The summed E-state index contributed by atoms with van der Waals surface area (Å²) in [6.07, 6.45) is 0. The smallest absolute Gasteiger partial charge is 0.185 e. The molecule has 150 valence electrons. The lowest BCUT2D eigenvalue weighted by atomic mass is 10.0. The lowest BCUT2D eigenvalue weighted by Crippen LogP contribution is -2.16. The second-order valence-corrected chi connectivity index (χ2v) is 6.95. The maximum Gasteiger partial charge on any atom is 0.185 e. The van der Waals surface area contributed by atoms with Gasteiger partial charge in [0.05, 0.1) is 25.6 Å². The highest BCUT2D eigenvalue weighted by Gasteiger charge is 2.21. The summed E-state index contributed by atoms with van der Waals surface area (Å²) in [7, 11) is 3.22. The van der Waals surface area contributed by atoms with E-state index in [9.17, 15) is 4.79 Å². The molecule has 1 heterocycles. The van der Waals surface area contributed by atoms with Crippen molar-refractivity contribution in [2.45, 2.75) is 6.92 Å². The molecular weight excluding hydrogens is 374 g/mol. The molecule has 0 fully saturated rings. The number of ether oxygens (including phenoxy) is 2. The SMILES string of the molecule is COc1cccc(-c2c(C)c(=O)cc(-c3ccccc3)n2-c2ccccc2)c1OC. The minimum absolute atomic E-state index is 0.0269. The Kier molecular flexibility index (Phi) is 5.40. The van der Waals surface area contributed by atoms with Gasteiger partial charge in [0.1, 0.15) is 0 Å². The van der Waals surface area contributed by atoms with Crippen molar-refractivity contribution in [1.82, 2.24) is 4.57 Å². The predicted octanol–water partition coefficient (Wildman–Crippen LogP) is 5.50. The summed E-state index contributed by atoms with van der Waals surface area (Å²) in [5.74, 6) is 1.21. The van der Waals surface area contributed by atoms with Crippen LogP contribution in [0.2, 0.25) is 0 Å². The van der Waals surface area contributed by atoms with Gasteiger partial charge in [-0.25, -0.2) is 0 Å². The highest BCUT2D eigenvalue weighted by molar-refractivity contribution is 5.78. The molecule has 0 aliphatic rings. The van der Waals surface area contributed by atoms with Gasteiger partial charge >= 0.3 is 0 Å². The third-order valence-corrected chi connectivity index (χ3v) is 5.20. The number of pyridine rings is 1. The lowest BCUT2D eigenvalue weighted by Gasteiger charge is -2.23. The van der Waals surface area contributed by atoms with E-state index in [0.29, 0.717) is 17.1 Å². The number of aromatic nitrogens is 1. The first-order valence-electron chi connectivity index (χ1n) is 9.74.